The van der Waals surface area contributed by atoms with Crippen molar-refractivity contribution in [1.29, 1.82) is 0 Å². The third-order valence-corrected chi connectivity index (χ3v) is 7.04. The summed E-state index contributed by atoms with van der Waals surface area (Å²) < 4.78 is 17.0. The second-order valence-electron chi connectivity index (χ2n) is 8.86. The summed E-state index contributed by atoms with van der Waals surface area (Å²) in [5.41, 5.74) is 1.27. The molecule has 0 radical (unpaired) electrons. The number of ether oxygens (including phenoxy) is 2. The molecule has 192 valence electrons. The zero-order valence-corrected chi connectivity index (χ0v) is 21.8. The molecule has 1 saturated carbocycles. The number of carbonyl (C=O) groups excluding carboxylic acids is 1. The molecular weight excluding hydrogens is 500 g/mol. The fourth-order valence-corrected chi connectivity index (χ4v) is 5.22. The number of thiophene rings is 1. The number of aromatic nitrogens is 2. The predicted octanol–water partition coefficient (Wildman–Crippen LogP) is 4.23. The number of nitrogens with zero attached hydrogens (tertiary/aromatic N) is 2. The van der Waals surface area contributed by atoms with Gasteiger partial charge in [-0.1, -0.05) is 12.1 Å². The van der Waals surface area contributed by atoms with E-state index >= 15 is 0 Å². The molecule has 0 amide bonds. The zero-order valence-electron chi connectivity index (χ0n) is 20.1. The second kappa shape index (κ2) is 12.5. The van der Waals surface area contributed by atoms with Crippen LogP contribution < -0.4 is 19.9 Å². The average molecular weight is 531 g/mol. The van der Waals surface area contributed by atoms with E-state index in [-0.39, 0.29) is 23.8 Å². The van der Waals surface area contributed by atoms with Crippen molar-refractivity contribution in [3.8, 4) is 11.5 Å². The molecule has 0 aliphatic heterocycles. The first-order valence-corrected chi connectivity index (χ1v) is 13.4. The van der Waals surface area contributed by atoms with Crippen molar-refractivity contribution >= 4 is 35.2 Å². The van der Waals surface area contributed by atoms with E-state index in [0.717, 1.165) is 17.8 Å². The first kappa shape index (κ1) is 26.4. The number of carbonyl (C=O) groups is 1. The molecule has 2 aromatic heterocycles. The smallest absolute Gasteiger partial charge is 0.208 e. The summed E-state index contributed by atoms with van der Waals surface area (Å²) in [6, 6.07) is 9.31. The fourth-order valence-electron chi connectivity index (χ4n) is 4.12. The highest BCUT2D eigenvalue weighted by atomic mass is 32.2. The lowest BCUT2D eigenvalue weighted by atomic mass is 10.1. The number of aliphatic hydroxyl groups is 1. The number of anilines is 1. The molecule has 1 aliphatic rings. The van der Waals surface area contributed by atoms with E-state index < -0.39 is 6.10 Å². The summed E-state index contributed by atoms with van der Waals surface area (Å²) in [5, 5.41) is 20.9. The summed E-state index contributed by atoms with van der Waals surface area (Å²) >= 11 is 2.14. The van der Waals surface area contributed by atoms with Gasteiger partial charge in [0.2, 0.25) is 5.78 Å². The number of nitrogens with one attached hydrogen (secondary N) is 1. The topological polar surface area (TPSA) is 129 Å². The van der Waals surface area contributed by atoms with Crippen molar-refractivity contribution in [3.63, 3.8) is 0 Å². The van der Waals surface area contributed by atoms with Crippen LogP contribution in [0.2, 0.25) is 0 Å². The van der Waals surface area contributed by atoms with Crippen molar-refractivity contribution in [2.45, 2.75) is 51.5 Å². The summed E-state index contributed by atoms with van der Waals surface area (Å²) in [7, 11) is 0. The molecule has 11 heteroatoms. The molecule has 0 saturated heterocycles. The maximum Gasteiger partial charge on any atom is 0.208 e. The van der Waals surface area contributed by atoms with Gasteiger partial charge in [-0.05, 0) is 50.3 Å². The van der Waals surface area contributed by atoms with Crippen molar-refractivity contribution in [3.05, 3.63) is 64.2 Å². The Morgan fingerprint density at radius 1 is 1.31 bits per heavy atom. The van der Waals surface area contributed by atoms with Gasteiger partial charge < -0.3 is 24.1 Å². The quantitative estimate of drug-likeness (QED) is 0.178. The number of rotatable bonds is 12. The molecule has 3 atom stereocenters. The van der Waals surface area contributed by atoms with Crippen molar-refractivity contribution in [2.75, 3.05) is 11.9 Å². The van der Waals surface area contributed by atoms with Crippen LogP contribution in [0.3, 0.4) is 0 Å². The van der Waals surface area contributed by atoms with Gasteiger partial charge in [-0.25, -0.2) is 9.97 Å². The SMILES string of the molecule is CC(C)Oc1ccccc1OCc1csc(C(=O)c2cncnc2N[C@@H]2C[C@H](COSN)[C@@H](O)C2)c1. The Hall–Kier alpha value is -2.70. The van der Waals surface area contributed by atoms with Crippen LogP contribution in [0.4, 0.5) is 5.82 Å². The maximum absolute atomic E-state index is 13.3. The van der Waals surface area contributed by atoms with Crippen LogP contribution in [-0.2, 0) is 10.8 Å². The summed E-state index contributed by atoms with van der Waals surface area (Å²) in [4.78, 5) is 22.2. The predicted molar refractivity (Wildman–Crippen MR) is 140 cm³/mol. The van der Waals surface area contributed by atoms with Crippen molar-refractivity contribution < 1.29 is 23.6 Å². The Morgan fingerprint density at radius 3 is 2.89 bits per heavy atom. The lowest BCUT2D eigenvalue weighted by Gasteiger charge is -2.15. The Labute approximate surface area is 218 Å². The largest absolute Gasteiger partial charge is 0.487 e. The lowest BCUT2D eigenvalue weighted by molar-refractivity contribution is 0.104. The average Bonchev–Trinajstić information content (AvgIpc) is 3.48. The number of nitrogens with two attached hydrogens (primary N) is 1. The molecule has 0 spiro atoms. The fraction of sp³-hybridized carbons (Fsp3) is 0.400. The molecular formula is C25H30N4O5S2. The number of ketones is 1. The van der Waals surface area contributed by atoms with Gasteiger partial charge in [-0.3, -0.25) is 9.93 Å². The van der Waals surface area contributed by atoms with E-state index in [1.165, 1.54) is 23.9 Å². The summed E-state index contributed by atoms with van der Waals surface area (Å²) in [6.45, 7) is 4.60. The number of hydrogen-bond donors (Lipinski definition) is 3. The highest BCUT2D eigenvalue weighted by molar-refractivity contribution is 7.92. The van der Waals surface area contributed by atoms with E-state index in [2.05, 4.69) is 15.3 Å². The minimum absolute atomic E-state index is 0.0320. The highest BCUT2D eigenvalue weighted by Crippen LogP contribution is 2.31. The van der Waals surface area contributed by atoms with Crippen LogP contribution in [0.1, 0.15) is 47.5 Å². The van der Waals surface area contributed by atoms with E-state index in [1.54, 1.807) is 0 Å². The van der Waals surface area contributed by atoms with Gasteiger partial charge in [0.15, 0.2) is 11.5 Å². The Morgan fingerprint density at radius 2 is 2.11 bits per heavy atom. The molecule has 9 nitrogen and oxygen atoms in total. The molecule has 1 fully saturated rings. The second-order valence-corrected chi connectivity index (χ2v) is 10.2. The molecule has 2 heterocycles. The van der Waals surface area contributed by atoms with Gasteiger partial charge in [-0.15, -0.1) is 11.3 Å². The normalized spacial score (nSPS) is 19.4. The van der Waals surface area contributed by atoms with Crippen LogP contribution in [-0.4, -0.2) is 45.7 Å². The standard InChI is InChI=1S/C25H30N4O5S2/c1-15(2)34-22-6-4-3-5-21(22)32-11-16-7-23(35-13-16)24(31)19-10-27-14-28-25(19)29-18-8-17(12-33-36-26)20(30)9-18/h3-7,10,13-15,17-18,20,30H,8-9,11-12,26H2,1-2H3,(H,27,28,29)/t17-,18-,20+/m1/s1. The number of hydrogen-bond acceptors (Lipinski definition) is 11. The van der Waals surface area contributed by atoms with Crippen LogP contribution in [0, 0.1) is 5.92 Å². The third kappa shape index (κ3) is 6.74. The first-order valence-electron chi connectivity index (χ1n) is 11.7. The van der Waals surface area contributed by atoms with Crippen LogP contribution in [0.15, 0.2) is 48.2 Å². The maximum atomic E-state index is 13.3. The highest BCUT2D eigenvalue weighted by Gasteiger charge is 2.34. The summed E-state index contributed by atoms with van der Waals surface area (Å²) in [5.74, 6) is 1.59. The number of para-hydroxylation sites is 2. The monoisotopic (exact) mass is 530 g/mol. The van der Waals surface area contributed by atoms with E-state index in [4.69, 9.17) is 18.8 Å². The molecule has 4 N–H and O–H groups in total. The molecule has 0 bridgehead atoms. The van der Waals surface area contributed by atoms with Crippen molar-refractivity contribution in [2.24, 2.45) is 11.1 Å². The summed E-state index contributed by atoms with van der Waals surface area (Å²) in [6.07, 6.45) is 3.66. The lowest BCUT2D eigenvalue weighted by Crippen LogP contribution is -2.20. The van der Waals surface area contributed by atoms with Gasteiger partial charge in [0.05, 0.1) is 41.5 Å². The molecule has 3 aromatic rings. The zero-order chi connectivity index (χ0) is 25.5. The Kier molecular flexibility index (Phi) is 9.16. The number of benzene rings is 1. The van der Waals surface area contributed by atoms with Gasteiger partial charge in [0.25, 0.3) is 0 Å². The molecule has 36 heavy (non-hydrogen) atoms. The number of aliphatic hydroxyl groups excluding tert-OH is 1. The minimum atomic E-state index is -0.508. The molecule has 4 rings (SSSR count). The van der Waals surface area contributed by atoms with Crippen LogP contribution >= 0.6 is 23.6 Å². The Balaban J connectivity index is 1.41. The molecule has 1 aliphatic carbocycles. The first-order chi connectivity index (χ1) is 17.4. The molecule has 0 unspecified atom stereocenters. The minimum Gasteiger partial charge on any atom is -0.487 e. The van der Waals surface area contributed by atoms with Gasteiger partial charge in [0.1, 0.15) is 18.8 Å². The van der Waals surface area contributed by atoms with Crippen LogP contribution in [0.5, 0.6) is 11.5 Å². The van der Waals surface area contributed by atoms with Gasteiger partial charge >= 0.3 is 0 Å². The van der Waals surface area contributed by atoms with Gasteiger partial charge in [-0.2, -0.15) is 0 Å². The van der Waals surface area contributed by atoms with Gasteiger partial charge in [0, 0.05) is 23.7 Å². The van der Waals surface area contributed by atoms with Crippen molar-refractivity contribution in [1.82, 2.24) is 9.97 Å². The van der Waals surface area contributed by atoms with E-state index in [1.807, 2.05) is 49.6 Å². The van der Waals surface area contributed by atoms with E-state index in [9.17, 15) is 9.90 Å². The molecule has 1 aromatic carbocycles. The van der Waals surface area contributed by atoms with E-state index in [0.29, 0.717) is 53.8 Å². The van der Waals surface area contributed by atoms with Crippen LogP contribution in [0.25, 0.3) is 0 Å². The third-order valence-electron chi connectivity index (χ3n) is 5.79. The Bertz CT molecular complexity index is 1160.